The summed E-state index contributed by atoms with van der Waals surface area (Å²) in [5, 5.41) is 0. The molecule has 2 aromatic rings. The van der Waals surface area contributed by atoms with Crippen molar-refractivity contribution in [2.45, 2.75) is 24.7 Å². The normalized spacial score (nSPS) is 16.3. The van der Waals surface area contributed by atoms with Crippen molar-refractivity contribution >= 4 is 29.4 Å². The zero-order valence-corrected chi connectivity index (χ0v) is 17.3. The van der Waals surface area contributed by atoms with Crippen molar-refractivity contribution < 1.29 is 19.1 Å². The largest absolute Gasteiger partial charge is 0.466 e. The van der Waals surface area contributed by atoms with Gasteiger partial charge in [0.05, 0.1) is 18.3 Å². The van der Waals surface area contributed by atoms with Gasteiger partial charge in [-0.1, -0.05) is 36.4 Å². The second-order valence-electron chi connectivity index (χ2n) is 6.95. The molecule has 1 unspecified atom stereocenters. The fourth-order valence-corrected chi connectivity index (χ4v) is 4.22. The van der Waals surface area contributed by atoms with Gasteiger partial charge in [-0.2, -0.15) is 0 Å². The Morgan fingerprint density at radius 1 is 1.07 bits per heavy atom. The summed E-state index contributed by atoms with van der Waals surface area (Å²) in [5.41, 5.74) is 1.26. The van der Waals surface area contributed by atoms with Crippen molar-refractivity contribution in [3.63, 3.8) is 0 Å². The Kier molecular flexibility index (Phi) is 7.47. The lowest BCUT2D eigenvalue weighted by Crippen LogP contribution is -2.42. The van der Waals surface area contributed by atoms with Crippen molar-refractivity contribution in [3.8, 4) is 0 Å². The van der Waals surface area contributed by atoms with Crippen molar-refractivity contribution in [3.05, 3.63) is 65.7 Å². The third-order valence-corrected chi connectivity index (χ3v) is 5.87. The molecule has 0 saturated carbocycles. The highest BCUT2D eigenvalue weighted by Crippen LogP contribution is 2.24. The summed E-state index contributed by atoms with van der Waals surface area (Å²) in [6, 6.07) is 16.5. The van der Waals surface area contributed by atoms with Crippen LogP contribution in [0.15, 0.2) is 59.5 Å². The summed E-state index contributed by atoms with van der Waals surface area (Å²) in [5.74, 6) is -0.199. The molecule has 3 rings (SSSR count). The summed E-state index contributed by atoms with van der Waals surface area (Å²) in [6.45, 7) is 3.17. The quantitative estimate of drug-likeness (QED) is 0.390. The molecule has 1 saturated heterocycles. The van der Waals surface area contributed by atoms with E-state index in [1.165, 1.54) is 11.8 Å². The van der Waals surface area contributed by atoms with E-state index in [0.717, 1.165) is 17.7 Å². The summed E-state index contributed by atoms with van der Waals surface area (Å²) in [7, 11) is 0. The Hall–Kier alpha value is -2.60. The van der Waals surface area contributed by atoms with Crippen LogP contribution in [0, 0.1) is 5.92 Å². The van der Waals surface area contributed by atoms with E-state index < -0.39 is 0 Å². The second kappa shape index (κ2) is 10.3. The maximum Gasteiger partial charge on any atom is 0.310 e. The number of hydrogen-bond donors (Lipinski definition) is 0. The Balaban J connectivity index is 1.62. The van der Waals surface area contributed by atoms with Gasteiger partial charge >= 0.3 is 5.97 Å². The molecule has 1 fully saturated rings. The third-order valence-electron chi connectivity index (χ3n) is 4.88. The summed E-state index contributed by atoms with van der Waals surface area (Å²) >= 11 is 1.42. The number of carbonyl (C=O) groups excluding carboxylic acids is 3. The zero-order valence-electron chi connectivity index (χ0n) is 16.5. The van der Waals surface area contributed by atoms with Crippen molar-refractivity contribution in [2.24, 2.45) is 5.92 Å². The number of amides is 1. The van der Waals surface area contributed by atoms with E-state index >= 15 is 0 Å². The lowest BCUT2D eigenvalue weighted by molar-refractivity contribution is -0.149. The standard InChI is InChI=1S/C23H25NO4S/c1-2-28-23(27)19-11-7-13-24(15-19)22(26)18-10-6-12-20(14-18)29-16-21(25)17-8-4-3-5-9-17/h3-6,8-10,12,14,19H,2,7,11,13,15-16H2,1H3. The predicted molar refractivity (Wildman–Crippen MR) is 113 cm³/mol. The van der Waals surface area contributed by atoms with Gasteiger partial charge in [-0.15, -0.1) is 11.8 Å². The Labute approximate surface area is 175 Å². The van der Waals surface area contributed by atoms with E-state index in [2.05, 4.69) is 0 Å². The molecule has 2 aromatic carbocycles. The molecule has 1 amide bonds. The van der Waals surface area contributed by atoms with Gasteiger partial charge in [0, 0.05) is 29.1 Å². The smallest absolute Gasteiger partial charge is 0.310 e. The van der Waals surface area contributed by atoms with Crippen LogP contribution in [0.5, 0.6) is 0 Å². The highest BCUT2D eigenvalue weighted by molar-refractivity contribution is 8.00. The lowest BCUT2D eigenvalue weighted by atomic mass is 9.97. The van der Waals surface area contributed by atoms with E-state index in [1.54, 1.807) is 30.0 Å². The van der Waals surface area contributed by atoms with Crippen LogP contribution >= 0.6 is 11.8 Å². The number of likely N-dealkylation sites (tertiary alicyclic amines) is 1. The number of rotatable bonds is 7. The first-order valence-electron chi connectivity index (χ1n) is 9.85. The molecule has 0 aliphatic carbocycles. The molecule has 0 N–H and O–H groups in total. The first-order chi connectivity index (χ1) is 14.1. The van der Waals surface area contributed by atoms with Crippen LogP contribution in [-0.2, 0) is 9.53 Å². The molecule has 1 aliphatic heterocycles. The maximum atomic E-state index is 12.9. The number of benzene rings is 2. The average molecular weight is 412 g/mol. The van der Waals surface area contributed by atoms with Crippen molar-refractivity contribution in [1.82, 2.24) is 4.90 Å². The molecule has 6 heteroatoms. The summed E-state index contributed by atoms with van der Waals surface area (Å²) in [4.78, 5) is 39.9. The minimum Gasteiger partial charge on any atom is -0.466 e. The van der Waals surface area contributed by atoms with Crippen molar-refractivity contribution in [2.75, 3.05) is 25.4 Å². The number of carbonyl (C=O) groups is 3. The molecule has 0 radical (unpaired) electrons. The molecule has 0 aromatic heterocycles. The molecule has 152 valence electrons. The number of ether oxygens (including phenoxy) is 1. The van der Waals surface area contributed by atoms with Gasteiger partial charge in [0.25, 0.3) is 5.91 Å². The van der Waals surface area contributed by atoms with Crippen LogP contribution in [0.25, 0.3) is 0 Å². The topological polar surface area (TPSA) is 63.7 Å². The number of nitrogens with zero attached hydrogens (tertiary/aromatic N) is 1. The van der Waals surface area contributed by atoms with Gasteiger partial charge in [0.2, 0.25) is 0 Å². The highest BCUT2D eigenvalue weighted by Gasteiger charge is 2.29. The van der Waals surface area contributed by atoms with Gasteiger partial charge in [-0.25, -0.2) is 0 Å². The molecular weight excluding hydrogens is 386 g/mol. The zero-order chi connectivity index (χ0) is 20.6. The number of thioether (sulfide) groups is 1. The average Bonchev–Trinajstić information content (AvgIpc) is 2.78. The number of ketones is 1. The fourth-order valence-electron chi connectivity index (χ4n) is 3.37. The predicted octanol–water partition coefficient (Wildman–Crippen LogP) is 4.08. The first-order valence-corrected chi connectivity index (χ1v) is 10.8. The van der Waals surface area contributed by atoms with E-state index in [4.69, 9.17) is 4.74 Å². The number of hydrogen-bond acceptors (Lipinski definition) is 5. The molecule has 0 spiro atoms. The van der Waals surface area contributed by atoms with Gasteiger partial charge in [0.1, 0.15) is 0 Å². The minimum absolute atomic E-state index is 0.0561. The molecule has 29 heavy (non-hydrogen) atoms. The van der Waals surface area contributed by atoms with Gasteiger partial charge < -0.3 is 9.64 Å². The highest BCUT2D eigenvalue weighted by atomic mass is 32.2. The SMILES string of the molecule is CCOC(=O)C1CCCN(C(=O)c2cccc(SCC(=O)c3ccccc3)c2)C1. The van der Waals surface area contributed by atoms with Crippen LogP contribution in [0.4, 0.5) is 0 Å². The maximum absolute atomic E-state index is 12.9. The van der Waals surface area contributed by atoms with Crippen molar-refractivity contribution in [1.29, 1.82) is 0 Å². The second-order valence-corrected chi connectivity index (χ2v) is 8.00. The van der Waals surface area contributed by atoms with Crippen LogP contribution in [0.3, 0.4) is 0 Å². The van der Waals surface area contributed by atoms with E-state index in [0.29, 0.717) is 36.6 Å². The molecule has 0 bridgehead atoms. The van der Waals surface area contributed by atoms with Crippen LogP contribution in [0.1, 0.15) is 40.5 Å². The number of Topliss-reactive ketones (excluding diaryl/α,β-unsaturated/α-hetero) is 1. The minimum atomic E-state index is -0.256. The monoisotopic (exact) mass is 411 g/mol. The van der Waals surface area contributed by atoms with E-state index in [-0.39, 0.29) is 23.6 Å². The van der Waals surface area contributed by atoms with E-state index in [9.17, 15) is 14.4 Å². The van der Waals surface area contributed by atoms with E-state index in [1.807, 2.05) is 36.4 Å². The lowest BCUT2D eigenvalue weighted by Gasteiger charge is -2.31. The summed E-state index contributed by atoms with van der Waals surface area (Å²) in [6.07, 6.45) is 1.54. The van der Waals surface area contributed by atoms with Crippen LogP contribution in [-0.4, -0.2) is 48.0 Å². The molecular formula is C23H25NO4S. The summed E-state index contributed by atoms with van der Waals surface area (Å²) < 4.78 is 5.11. The Morgan fingerprint density at radius 3 is 2.59 bits per heavy atom. The molecule has 1 heterocycles. The molecule has 1 aliphatic rings. The number of esters is 1. The fraction of sp³-hybridized carbons (Fsp3) is 0.348. The first kappa shape index (κ1) is 21.1. The molecule has 5 nitrogen and oxygen atoms in total. The Morgan fingerprint density at radius 2 is 1.83 bits per heavy atom. The van der Waals surface area contributed by atoms with Crippen LogP contribution in [0.2, 0.25) is 0 Å². The number of piperidine rings is 1. The van der Waals surface area contributed by atoms with Gasteiger partial charge in [-0.3, -0.25) is 14.4 Å². The van der Waals surface area contributed by atoms with Crippen LogP contribution < -0.4 is 0 Å². The van der Waals surface area contributed by atoms with Gasteiger partial charge in [0.15, 0.2) is 5.78 Å². The van der Waals surface area contributed by atoms with Gasteiger partial charge in [-0.05, 0) is 38.0 Å². The molecule has 1 atom stereocenters. The third kappa shape index (κ3) is 5.70. The Bertz CT molecular complexity index is 868.